The summed E-state index contributed by atoms with van der Waals surface area (Å²) >= 11 is 1.63. The van der Waals surface area contributed by atoms with Gasteiger partial charge in [-0.1, -0.05) is 11.8 Å². The van der Waals surface area contributed by atoms with Crippen LogP contribution in [-0.4, -0.2) is 38.6 Å². The topological polar surface area (TPSA) is 112 Å². The number of nitro groups is 1. The number of fused-ring (bicyclic) bond motifs is 2. The van der Waals surface area contributed by atoms with Crippen molar-refractivity contribution in [3.05, 3.63) is 62.2 Å². The third kappa shape index (κ3) is 3.56. The number of benzene rings is 1. The first kappa shape index (κ1) is 19.7. The fourth-order valence-electron chi connectivity index (χ4n) is 4.18. The molecule has 0 bridgehead atoms. The van der Waals surface area contributed by atoms with E-state index in [-0.39, 0.29) is 24.2 Å². The van der Waals surface area contributed by atoms with Gasteiger partial charge >= 0.3 is 5.82 Å². The van der Waals surface area contributed by atoms with Crippen LogP contribution in [0.2, 0.25) is 0 Å². The largest absolute Gasteiger partial charge is 0.496 e. The van der Waals surface area contributed by atoms with Crippen LogP contribution in [0.1, 0.15) is 36.8 Å². The highest BCUT2D eigenvalue weighted by Crippen LogP contribution is 2.47. The Bertz CT molecular complexity index is 1200. The van der Waals surface area contributed by atoms with Gasteiger partial charge in [0.05, 0.1) is 36.1 Å². The van der Waals surface area contributed by atoms with Gasteiger partial charge in [-0.2, -0.15) is 9.67 Å². The molecule has 1 aliphatic carbocycles. The summed E-state index contributed by atoms with van der Waals surface area (Å²) in [6.07, 6.45) is 5.77. The van der Waals surface area contributed by atoms with Gasteiger partial charge in [0.25, 0.3) is 5.91 Å². The van der Waals surface area contributed by atoms with Crippen LogP contribution in [0.3, 0.4) is 0 Å². The van der Waals surface area contributed by atoms with Gasteiger partial charge in [0.15, 0.2) is 5.84 Å². The van der Waals surface area contributed by atoms with Gasteiger partial charge in [-0.3, -0.25) is 4.79 Å². The second-order valence-electron chi connectivity index (χ2n) is 7.57. The summed E-state index contributed by atoms with van der Waals surface area (Å²) in [4.78, 5) is 33.6. The lowest BCUT2D eigenvalue weighted by molar-refractivity contribution is -0.389. The van der Waals surface area contributed by atoms with Gasteiger partial charge in [0, 0.05) is 11.1 Å². The number of aromatic nitrogens is 2. The van der Waals surface area contributed by atoms with Crippen molar-refractivity contribution in [2.75, 3.05) is 7.11 Å². The number of rotatable bonds is 5. The molecule has 0 fully saturated rings. The molecule has 0 N–H and O–H groups in total. The Morgan fingerprint density at radius 3 is 2.87 bits per heavy atom. The van der Waals surface area contributed by atoms with Crippen molar-refractivity contribution >= 4 is 34.4 Å². The van der Waals surface area contributed by atoms with Crippen LogP contribution < -0.4 is 4.74 Å². The van der Waals surface area contributed by atoms with Crippen LogP contribution in [0, 0.1) is 16.0 Å². The van der Waals surface area contributed by atoms with E-state index in [4.69, 9.17) is 9.73 Å². The van der Waals surface area contributed by atoms with Crippen LogP contribution in [-0.2, 0) is 11.3 Å². The standard InChI is InChI=1S/C21H19N5O4S/c1-30-15-7-6-12(10-13(15)11-25-9-8-17(24-25)26(28)29)19-22-20(27)18-14-4-2-3-5-16(14)31-21(18)23-19/h6-10,18H,2-5,11H2,1H3. The normalized spacial score (nSPS) is 20.2. The molecule has 3 aliphatic rings. The van der Waals surface area contributed by atoms with E-state index >= 15 is 0 Å². The summed E-state index contributed by atoms with van der Waals surface area (Å²) in [6, 6.07) is 6.79. The SMILES string of the molecule is COc1ccc(C2=NC(=O)C3C(=N2)SC2=C3CCCC2)cc1Cn1ccc([N+](=O)[O-])n1. The Morgan fingerprint density at radius 1 is 1.26 bits per heavy atom. The quantitative estimate of drug-likeness (QED) is 0.520. The number of thioether (sulfide) groups is 1. The number of ether oxygens (including phenoxy) is 1. The average molecular weight is 437 g/mol. The molecule has 0 saturated carbocycles. The number of aliphatic imine (C=N–C) groups is 2. The van der Waals surface area contributed by atoms with Crippen LogP contribution in [0.15, 0.2) is 50.9 Å². The Kier molecular flexibility index (Phi) is 4.93. The van der Waals surface area contributed by atoms with Gasteiger partial charge in [-0.25, -0.2) is 4.99 Å². The van der Waals surface area contributed by atoms with E-state index < -0.39 is 4.92 Å². The van der Waals surface area contributed by atoms with E-state index in [1.807, 2.05) is 12.1 Å². The highest BCUT2D eigenvalue weighted by Gasteiger charge is 2.40. The van der Waals surface area contributed by atoms with E-state index in [1.165, 1.54) is 21.2 Å². The van der Waals surface area contributed by atoms with Crippen molar-refractivity contribution < 1.29 is 14.5 Å². The number of hydrogen-bond donors (Lipinski definition) is 0. The lowest BCUT2D eigenvalue weighted by Crippen LogP contribution is -2.26. The first-order valence-corrected chi connectivity index (χ1v) is 10.8. The van der Waals surface area contributed by atoms with E-state index in [9.17, 15) is 14.9 Å². The molecular weight excluding hydrogens is 418 g/mol. The van der Waals surface area contributed by atoms with E-state index in [2.05, 4.69) is 10.1 Å². The van der Waals surface area contributed by atoms with Crippen molar-refractivity contribution in [2.45, 2.75) is 32.2 Å². The molecular formula is C21H19N5O4S. The van der Waals surface area contributed by atoms with E-state index in [0.29, 0.717) is 17.1 Å². The highest BCUT2D eigenvalue weighted by atomic mass is 32.2. The minimum atomic E-state index is -0.536. The maximum atomic E-state index is 12.9. The fraction of sp³-hybridized carbons (Fsp3) is 0.333. The number of nitrogens with zero attached hydrogens (tertiary/aromatic N) is 5. The van der Waals surface area contributed by atoms with Crippen molar-refractivity contribution in [2.24, 2.45) is 15.9 Å². The van der Waals surface area contributed by atoms with Crippen molar-refractivity contribution in [1.82, 2.24) is 9.78 Å². The Labute approximate surface area is 182 Å². The number of carbonyl (C=O) groups is 1. The average Bonchev–Trinajstić information content (AvgIpc) is 3.38. The summed E-state index contributed by atoms with van der Waals surface area (Å²) in [5, 5.41) is 15.7. The number of amidine groups is 1. The lowest BCUT2D eigenvalue weighted by atomic mass is 9.89. The monoisotopic (exact) mass is 437 g/mol. The van der Waals surface area contributed by atoms with Gasteiger partial charge in [-0.15, -0.1) is 0 Å². The molecule has 1 aromatic carbocycles. The predicted molar refractivity (Wildman–Crippen MR) is 117 cm³/mol. The predicted octanol–water partition coefficient (Wildman–Crippen LogP) is 3.72. The van der Waals surface area contributed by atoms with Crippen molar-refractivity contribution in [3.63, 3.8) is 0 Å². The molecule has 0 spiro atoms. The third-order valence-corrected chi connectivity index (χ3v) is 6.89. The summed E-state index contributed by atoms with van der Waals surface area (Å²) in [5.74, 6) is 0.330. The molecule has 1 atom stereocenters. The molecule has 1 unspecified atom stereocenters. The van der Waals surface area contributed by atoms with Crippen LogP contribution in [0.5, 0.6) is 5.75 Å². The minimum Gasteiger partial charge on any atom is -0.496 e. The molecule has 2 aliphatic heterocycles. The molecule has 2 aromatic rings. The molecule has 5 rings (SSSR count). The van der Waals surface area contributed by atoms with Crippen LogP contribution >= 0.6 is 11.8 Å². The summed E-state index contributed by atoms with van der Waals surface area (Å²) in [7, 11) is 1.56. The maximum absolute atomic E-state index is 12.9. The second-order valence-corrected chi connectivity index (χ2v) is 8.68. The third-order valence-electron chi connectivity index (χ3n) is 5.65. The molecule has 1 amide bonds. The Balaban J connectivity index is 1.45. The molecule has 9 nitrogen and oxygen atoms in total. The zero-order valence-corrected chi connectivity index (χ0v) is 17.6. The lowest BCUT2D eigenvalue weighted by Gasteiger charge is -2.18. The van der Waals surface area contributed by atoms with Gasteiger partial charge < -0.3 is 14.9 Å². The summed E-state index contributed by atoms with van der Waals surface area (Å²) < 4.78 is 6.91. The molecule has 1 aromatic heterocycles. The van der Waals surface area contributed by atoms with Crippen LogP contribution in [0.25, 0.3) is 0 Å². The van der Waals surface area contributed by atoms with Crippen LogP contribution in [0.4, 0.5) is 5.82 Å². The van der Waals surface area contributed by atoms with Crippen molar-refractivity contribution in [3.8, 4) is 5.75 Å². The highest BCUT2D eigenvalue weighted by molar-refractivity contribution is 8.17. The molecule has 0 radical (unpaired) electrons. The molecule has 158 valence electrons. The summed E-state index contributed by atoms with van der Waals surface area (Å²) in [5.41, 5.74) is 2.66. The van der Waals surface area contributed by atoms with E-state index in [1.54, 1.807) is 31.1 Å². The molecule has 0 saturated heterocycles. The molecule has 3 heterocycles. The fourth-order valence-corrected chi connectivity index (χ4v) is 5.52. The number of carbonyl (C=O) groups excluding carboxylic acids is 1. The minimum absolute atomic E-state index is 0.153. The van der Waals surface area contributed by atoms with Gasteiger partial charge in [0.2, 0.25) is 0 Å². The summed E-state index contributed by atoms with van der Waals surface area (Å²) in [6.45, 7) is 0.274. The first-order valence-electron chi connectivity index (χ1n) is 9.99. The zero-order valence-electron chi connectivity index (χ0n) is 16.8. The zero-order chi connectivity index (χ0) is 21.5. The number of methoxy groups -OCH3 is 1. The number of allylic oxidation sites excluding steroid dienone is 1. The number of amides is 1. The van der Waals surface area contributed by atoms with Crippen molar-refractivity contribution in [1.29, 1.82) is 0 Å². The number of hydrogen-bond acceptors (Lipinski definition) is 7. The first-order chi connectivity index (χ1) is 15.0. The van der Waals surface area contributed by atoms with E-state index in [0.717, 1.165) is 36.3 Å². The smallest absolute Gasteiger partial charge is 0.389 e. The second kappa shape index (κ2) is 7.77. The Morgan fingerprint density at radius 2 is 2.10 bits per heavy atom. The van der Waals surface area contributed by atoms with Gasteiger partial charge in [-0.05, 0) is 59.3 Å². The Hall–Kier alpha value is -3.27. The van der Waals surface area contributed by atoms with Gasteiger partial charge in [0.1, 0.15) is 11.7 Å². The molecule has 31 heavy (non-hydrogen) atoms. The molecule has 10 heteroatoms. The maximum Gasteiger partial charge on any atom is 0.389 e.